The fourth-order valence-electron chi connectivity index (χ4n) is 2.48. The lowest BCUT2D eigenvalue weighted by molar-refractivity contribution is 0.591. The van der Waals surface area contributed by atoms with E-state index in [0.717, 1.165) is 12.0 Å². The molecule has 0 aromatic heterocycles. The number of benzene rings is 2. The van der Waals surface area contributed by atoms with E-state index in [1.54, 1.807) is 12.1 Å². The highest BCUT2D eigenvalue weighted by Crippen LogP contribution is 2.23. The van der Waals surface area contributed by atoms with Gasteiger partial charge in [0, 0.05) is 6.54 Å². The maximum Gasteiger partial charge on any atom is 0.264 e. The highest BCUT2D eigenvalue weighted by molar-refractivity contribution is 7.92. The Hall–Kier alpha value is -1.81. The number of anilines is 1. The fraction of sp³-hybridized carbons (Fsp3) is 0.333. The van der Waals surface area contributed by atoms with Gasteiger partial charge in [-0.05, 0) is 49.1 Å². The lowest BCUT2D eigenvalue weighted by atomic mass is 10.0. The minimum atomic E-state index is -3.52. The molecule has 0 saturated heterocycles. The van der Waals surface area contributed by atoms with Gasteiger partial charge in [-0.25, -0.2) is 8.42 Å². The zero-order valence-corrected chi connectivity index (χ0v) is 14.2. The van der Waals surface area contributed by atoms with Crippen molar-refractivity contribution in [2.24, 2.45) is 5.92 Å². The summed E-state index contributed by atoms with van der Waals surface area (Å²) in [6, 6.07) is 16.4. The van der Waals surface area contributed by atoms with Crippen LogP contribution in [0.3, 0.4) is 0 Å². The van der Waals surface area contributed by atoms with Crippen LogP contribution in [0.1, 0.15) is 26.3 Å². The highest BCUT2D eigenvalue weighted by Gasteiger charge is 2.23. The molecule has 0 bridgehead atoms. The van der Waals surface area contributed by atoms with Crippen LogP contribution in [0.5, 0.6) is 0 Å². The first-order valence-corrected chi connectivity index (χ1v) is 9.06. The van der Waals surface area contributed by atoms with Crippen molar-refractivity contribution >= 4 is 15.7 Å². The second-order valence-electron chi connectivity index (χ2n) is 5.75. The van der Waals surface area contributed by atoms with E-state index in [-0.39, 0.29) is 0 Å². The predicted molar refractivity (Wildman–Crippen MR) is 91.6 cm³/mol. The molecule has 0 atom stereocenters. The van der Waals surface area contributed by atoms with Crippen LogP contribution in [0, 0.1) is 5.92 Å². The number of para-hydroxylation sites is 1. The van der Waals surface area contributed by atoms with Crippen molar-refractivity contribution in [3.8, 4) is 0 Å². The van der Waals surface area contributed by atoms with Crippen LogP contribution in [0.2, 0.25) is 0 Å². The Morgan fingerprint density at radius 3 is 2.05 bits per heavy atom. The summed E-state index contributed by atoms with van der Waals surface area (Å²) in [6.07, 6.45) is 0.955. The van der Waals surface area contributed by atoms with Crippen LogP contribution in [0.15, 0.2) is 59.5 Å². The van der Waals surface area contributed by atoms with E-state index >= 15 is 0 Å². The standard InChI is InChI=1S/C18H23NO2S/c1-4-19(17-8-6-5-7-9-17)22(20,21)18-12-10-16(11-13-18)14-15(2)3/h5-13,15H,4,14H2,1-3H3. The Morgan fingerprint density at radius 2 is 1.55 bits per heavy atom. The van der Waals surface area contributed by atoms with E-state index in [1.165, 1.54) is 4.31 Å². The third-order valence-corrected chi connectivity index (χ3v) is 5.40. The molecule has 0 radical (unpaired) electrons. The predicted octanol–water partition coefficient (Wildman–Crippen LogP) is 4.10. The van der Waals surface area contributed by atoms with Gasteiger partial charge < -0.3 is 0 Å². The molecular weight excluding hydrogens is 294 g/mol. The third kappa shape index (κ3) is 3.69. The first kappa shape index (κ1) is 16.6. The second kappa shape index (κ2) is 6.97. The normalized spacial score (nSPS) is 11.6. The molecule has 0 amide bonds. The van der Waals surface area contributed by atoms with Crippen LogP contribution >= 0.6 is 0 Å². The summed E-state index contributed by atoms with van der Waals surface area (Å²) in [6.45, 7) is 6.55. The summed E-state index contributed by atoms with van der Waals surface area (Å²) in [7, 11) is -3.52. The van der Waals surface area contributed by atoms with E-state index in [0.29, 0.717) is 23.0 Å². The van der Waals surface area contributed by atoms with Gasteiger partial charge in [-0.1, -0.05) is 44.2 Å². The van der Waals surface area contributed by atoms with Crippen LogP contribution in [-0.2, 0) is 16.4 Å². The van der Waals surface area contributed by atoms with Gasteiger partial charge in [0.1, 0.15) is 0 Å². The Balaban J connectivity index is 2.32. The summed E-state index contributed by atoms with van der Waals surface area (Å²) < 4.78 is 27.1. The molecule has 2 rings (SSSR count). The molecule has 0 saturated carbocycles. The molecule has 0 heterocycles. The van der Waals surface area contributed by atoms with Gasteiger partial charge in [-0.3, -0.25) is 4.31 Å². The average Bonchev–Trinajstić information content (AvgIpc) is 2.49. The van der Waals surface area contributed by atoms with E-state index in [1.807, 2.05) is 49.4 Å². The summed E-state index contributed by atoms with van der Waals surface area (Å²) >= 11 is 0. The largest absolute Gasteiger partial charge is 0.267 e. The lowest BCUT2D eigenvalue weighted by Gasteiger charge is -2.23. The van der Waals surface area contributed by atoms with E-state index in [2.05, 4.69) is 13.8 Å². The Kier molecular flexibility index (Phi) is 5.24. The number of hydrogen-bond donors (Lipinski definition) is 0. The molecule has 118 valence electrons. The smallest absolute Gasteiger partial charge is 0.264 e. The van der Waals surface area contributed by atoms with Crippen molar-refractivity contribution in [2.75, 3.05) is 10.8 Å². The van der Waals surface area contributed by atoms with Crippen molar-refractivity contribution in [1.82, 2.24) is 0 Å². The zero-order chi connectivity index (χ0) is 16.2. The fourth-order valence-corrected chi connectivity index (χ4v) is 3.96. The SMILES string of the molecule is CCN(c1ccccc1)S(=O)(=O)c1ccc(CC(C)C)cc1. The highest BCUT2D eigenvalue weighted by atomic mass is 32.2. The lowest BCUT2D eigenvalue weighted by Crippen LogP contribution is -2.30. The molecule has 0 aliphatic heterocycles. The first-order chi connectivity index (χ1) is 10.4. The van der Waals surface area contributed by atoms with E-state index < -0.39 is 10.0 Å². The molecular formula is C18H23NO2S. The Labute approximate surface area is 133 Å². The molecule has 2 aromatic carbocycles. The summed E-state index contributed by atoms with van der Waals surface area (Å²) in [5.41, 5.74) is 1.85. The molecule has 0 aliphatic rings. The van der Waals surface area contributed by atoms with Crippen LogP contribution in [0.25, 0.3) is 0 Å². The van der Waals surface area contributed by atoms with Gasteiger partial charge in [0.25, 0.3) is 10.0 Å². The molecule has 0 unspecified atom stereocenters. The van der Waals surface area contributed by atoms with Crippen molar-refractivity contribution in [2.45, 2.75) is 32.1 Å². The maximum absolute atomic E-state index is 12.8. The summed E-state index contributed by atoms with van der Waals surface area (Å²) in [4.78, 5) is 0.339. The summed E-state index contributed by atoms with van der Waals surface area (Å²) in [5.74, 6) is 0.555. The minimum Gasteiger partial charge on any atom is -0.267 e. The van der Waals surface area contributed by atoms with E-state index in [4.69, 9.17) is 0 Å². The van der Waals surface area contributed by atoms with E-state index in [9.17, 15) is 8.42 Å². The van der Waals surface area contributed by atoms with Crippen LogP contribution < -0.4 is 4.31 Å². The molecule has 22 heavy (non-hydrogen) atoms. The average molecular weight is 317 g/mol. The van der Waals surface area contributed by atoms with Gasteiger partial charge in [0.2, 0.25) is 0 Å². The molecule has 3 nitrogen and oxygen atoms in total. The molecule has 2 aromatic rings. The zero-order valence-electron chi connectivity index (χ0n) is 13.4. The minimum absolute atomic E-state index is 0.339. The molecule has 0 fully saturated rings. The number of nitrogens with zero attached hydrogens (tertiary/aromatic N) is 1. The quantitative estimate of drug-likeness (QED) is 0.804. The van der Waals surface area contributed by atoms with Crippen molar-refractivity contribution in [1.29, 1.82) is 0 Å². The molecule has 0 spiro atoms. The Bertz CT molecular complexity index is 692. The number of hydrogen-bond acceptors (Lipinski definition) is 2. The van der Waals surface area contributed by atoms with Crippen LogP contribution in [0.4, 0.5) is 5.69 Å². The molecule has 0 aliphatic carbocycles. The number of sulfonamides is 1. The monoisotopic (exact) mass is 317 g/mol. The maximum atomic E-state index is 12.8. The topological polar surface area (TPSA) is 37.4 Å². The second-order valence-corrected chi connectivity index (χ2v) is 7.61. The van der Waals surface area contributed by atoms with Crippen molar-refractivity contribution in [3.05, 3.63) is 60.2 Å². The van der Waals surface area contributed by atoms with Gasteiger partial charge in [-0.2, -0.15) is 0 Å². The summed E-state index contributed by atoms with van der Waals surface area (Å²) in [5, 5.41) is 0. The van der Waals surface area contributed by atoms with Gasteiger partial charge >= 0.3 is 0 Å². The molecule has 4 heteroatoms. The molecule has 0 N–H and O–H groups in total. The van der Waals surface area contributed by atoms with Crippen molar-refractivity contribution in [3.63, 3.8) is 0 Å². The van der Waals surface area contributed by atoms with Gasteiger partial charge in [0.05, 0.1) is 10.6 Å². The third-order valence-electron chi connectivity index (χ3n) is 3.49. The van der Waals surface area contributed by atoms with Crippen LogP contribution in [-0.4, -0.2) is 15.0 Å². The first-order valence-electron chi connectivity index (χ1n) is 7.62. The Morgan fingerprint density at radius 1 is 0.955 bits per heavy atom. The van der Waals surface area contributed by atoms with Gasteiger partial charge in [-0.15, -0.1) is 0 Å². The van der Waals surface area contributed by atoms with Crippen molar-refractivity contribution < 1.29 is 8.42 Å². The van der Waals surface area contributed by atoms with Gasteiger partial charge in [0.15, 0.2) is 0 Å². The number of rotatable bonds is 6.